The molecule has 2 heterocycles. The van der Waals surface area contributed by atoms with Crippen molar-refractivity contribution in [1.82, 2.24) is 15.1 Å². The van der Waals surface area contributed by atoms with Gasteiger partial charge < -0.3 is 10.2 Å². The number of nitrogens with zero attached hydrogens (tertiary/aromatic N) is 3. The number of hydrogen-bond donors (Lipinski definition) is 1. The molecule has 1 aliphatic heterocycles. The summed E-state index contributed by atoms with van der Waals surface area (Å²) in [4.78, 5) is 2.56. The Morgan fingerprint density at radius 3 is 3.00 bits per heavy atom. The highest BCUT2D eigenvalue weighted by Gasteiger charge is 2.17. The molecule has 1 N–H and O–H groups in total. The smallest absolute Gasteiger partial charge is 0.174 e. The minimum atomic E-state index is 0.358. The molecule has 0 radical (unpaired) electrons. The molecule has 1 unspecified atom stereocenters. The van der Waals surface area contributed by atoms with Crippen LogP contribution < -0.4 is 5.32 Å². The highest BCUT2D eigenvalue weighted by atomic mass is 35.5. The summed E-state index contributed by atoms with van der Waals surface area (Å²) < 4.78 is 0. The van der Waals surface area contributed by atoms with Gasteiger partial charge >= 0.3 is 0 Å². The Morgan fingerprint density at radius 2 is 2.21 bits per heavy atom. The van der Waals surface area contributed by atoms with E-state index in [0.29, 0.717) is 10.3 Å². The maximum Gasteiger partial charge on any atom is 0.174 e. The summed E-state index contributed by atoms with van der Waals surface area (Å²) in [5.41, 5.74) is 0.758. The molecular weight excluding hydrogens is 283 g/mol. The number of anilines is 1. The molecule has 1 saturated heterocycles. The topological polar surface area (TPSA) is 41.0 Å². The van der Waals surface area contributed by atoms with Gasteiger partial charge in [-0.15, -0.1) is 10.2 Å². The SMILES string of the molecule is CC1CCCCN1CCCNc1cc(Cl)nnc1Cl. The molecule has 19 heavy (non-hydrogen) atoms. The fourth-order valence-electron chi connectivity index (χ4n) is 2.47. The summed E-state index contributed by atoms with van der Waals surface area (Å²) in [6, 6.07) is 2.43. The van der Waals surface area contributed by atoms with Gasteiger partial charge in [0.15, 0.2) is 10.3 Å². The fourth-order valence-corrected chi connectivity index (χ4v) is 2.78. The first-order chi connectivity index (χ1) is 9.16. The molecule has 0 spiro atoms. The second-order valence-electron chi connectivity index (χ2n) is 5.03. The van der Waals surface area contributed by atoms with Crippen molar-refractivity contribution in [2.24, 2.45) is 0 Å². The first-order valence-corrected chi connectivity index (χ1v) is 7.59. The molecule has 1 aromatic rings. The van der Waals surface area contributed by atoms with Gasteiger partial charge in [-0.1, -0.05) is 29.6 Å². The van der Waals surface area contributed by atoms with Gasteiger partial charge in [0.1, 0.15) is 0 Å². The minimum Gasteiger partial charge on any atom is -0.382 e. The summed E-state index contributed by atoms with van der Waals surface area (Å²) in [5.74, 6) is 0. The van der Waals surface area contributed by atoms with E-state index in [1.165, 1.54) is 25.8 Å². The molecule has 1 aliphatic rings. The molecule has 0 aromatic carbocycles. The maximum absolute atomic E-state index is 5.94. The van der Waals surface area contributed by atoms with Crippen LogP contribution in [0.3, 0.4) is 0 Å². The molecule has 1 fully saturated rings. The lowest BCUT2D eigenvalue weighted by molar-refractivity contribution is 0.160. The minimum absolute atomic E-state index is 0.358. The zero-order valence-electron chi connectivity index (χ0n) is 11.2. The van der Waals surface area contributed by atoms with Crippen molar-refractivity contribution in [1.29, 1.82) is 0 Å². The summed E-state index contributed by atoms with van der Waals surface area (Å²) in [6.45, 7) is 5.53. The van der Waals surface area contributed by atoms with Gasteiger partial charge in [-0.3, -0.25) is 0 Å². The first kappa shape index (κ1) is 14.8. The zero-order chi connectivity index (χ0) is 13.7. The third-order valence-electron chi connectivity index (χ3n) is 3.60. The Morgan fingerprint density at radius 1 is 1.37 bits per heavy atom. The van der Waals surface area contributed by atoms with Gasteiger partial charge in [0.05, 0.1) is 5.69 Å². The second-order valence-corrected chi connectivity index (χ2v) is 5.78. The molecule has 1 aromatic heterocycles. The van der Waals surface area contributed by atoms with E-state index in [-0.39, 0.29) is 0 Å². The Bertz CT molecular complexity index is 414. The van der Waals surface area contributed by atoms with Crippen LogP contribution in [0.15, 0.2) is 6.07 Å². The monoisotopic (exact) mass is 302 g/mol. The molecule has 0 amide bonds. The molecule has 0 saturated carbocycles. The fraction of sp³-hybridized carbons (Fsp3) is 0.692. The van der Waals surface area contributed by atoms with Crippen LogP contribution in [-0.4, -0.2) is 40.8 Å². The third-order valence-corrected chi connectivity index (χ3v) is 4.06. The van der Waals surface area contributed by atoms with Crippen molar-refractivity contribution in [3.63, 3.8) is 0 Å². The van der Waals surface area contributed by atoms with E-state index in [9.17, 15) is 0 Å². The third kappa shape index (κ3) is 4.48. The molecule has 0 bridgehead atoms. The van der Waals surface area contributed by atoms with E-state index in [1.54, 1.807) is 6.07 Å². The van der Waals surface area contributed by atoms with Crippen molar-refractivity contribution >= 4 is 28.9 Å². The van der Waals surface area contributed by atoms with Crippen molar-refractivity contribution in [3.8, 4) is 0 Å². The van der Waals surface area contributed by atoms with Gasteiger partial charge in [0.2, 0.25) is 0 Å². The molecule has 6 heteroatoms. The quantitative estimate of drug-likeness (QED) is 0.846. The average molecular weight is 303 g/mol. The van der Waals surface area contributed by atoms with Crippen molar-refractivity contribution in [2.45, 2.75) is 38.6 Å². The summed E-state index contributed by atoms with van der Waals surface area (Å²) in [5, 5.41) is 11.4. The van der Waals surface area contributed by atoms with Gasteiger partial charge in [0.25, 0.3) is 0 Å². The summed E-state index contributed by atoms with van der Waals surface area (Å²) in [7, 11) is 0. The maximum atomic E-state index is 5.94. The van der Waals surface area contributed by atoms with Crippen molar-refractivity contribution < 1.29 is 0 Å². The summed E-state index contributed by atoms with van der Waals surface area (Å²) in [6.07, 6.45) is 5.10. The van der Waals surface area contributed by atoms with E-state index in [1.807, 2.05) is 0 Å². The number of nitrogens with one attached hydrogen (secondary N) is 1. The average Bonchev–Trinajstić information content (AvgIpc) is 2.40. The lowest BCUT2D eigenvalue weighted by Gasteiger charge is -2.33. The lowest BCUT2D eigenvalue weighted by Crippen LogP contribution is -2.38. The molecule has 1 atom stereocenters. The Balaban J connectivity index is 1.73. The van der Waals surface area contributed by atoms with Crippen LogP contribution in [0.2, 0.25) is 10.3 Å². The summed E-state index contributed by atoms with van der Waals surface area (Å²) >= 11 is 11.7. The predicted octanol–water partition coefficient (Wildman–Crippen LogP) is 3.46. The van der Waals surface area contributed by atoms with Gasteiger partial charge in [0, 0.05) is 25.2 Å². The van der Waals surface area contributed by atoms with Crippen LogP contribution in [0.25, 0.3) is 0 Å². The second kappa shape index (κ2) is 7.27. The highest BCUT2D eigenvalue weighted by Crippen LogP contribution is 2.21. The van der Waals surface area contributed by atoms with Crippen LogP contribution >= 0.6 is 23.2 Å². The standard InChI is InChI=1S/C13H20Cl2N4/c1-10-5-2-3-7-19(10)8-4-6-16-11-9-12(14)17-18-13(11)15/h9-10H,2-8H2,1H3,(H,16,17). The van der Waals surface area contributed by atoms with Crippen LogP contribution in [0.5, 0.6) is 0 Å². The van der Waals surface area contributed by atoms with E-state index in [0.717, 1.165) is 31.2 Å². The van der Waals surface area contributed by atoms with Crippen molar-refractivity contribution in [2.75, 3.05) is 25.0 Å². The van der Waals surface area contributed by atoms with Crippen LogP contribution in [0.1, 0.15) is 32.6 Å². The molecule has 4 nitrogen and oxygen atoms in total. The number of rotatable bonds is 5. The Kier molecular flexibility index (Phi) is 5.67. The number of likely N-dealkylation sites (tertiary alicyclic amines) is 1. The first-order valence-electron chi connectivity index (χ1n) is 6.83. The van der Waals surface area contributed by atoms with Crippen LogP contribution in [-0.2, 0) is 0 Å². The lowest BCUT2D eigenvalue weighted by atomic mass is 10.0. The van der Waals surface area contributed by atoms with E-state index in [4.69, 9.17) is 23.2 Å². The van der Waals surface area contributed by atoms with Crippen LogP contribution in [0.4, 0.5) is 5.69 Å². The predicted molar refractivity (Wildman–Crippen MR) is 80.0 cm³/mol. The van der Waals surface area contributed by atoms with Crippen molar-refractivity contribution in [3.05, 3.63) is 16.4 Å². The number of halogens is 2. The van der Waals surface area contributed by atoms with E-state index >= 15 is 0 Å². The molecular formula is C13H20Cl2N4. The van der Waals surface area contributed by atoms with Gasteiger partial charge in [-0.05, 0) is 32.7 Å². The Hall–Kier alpha value is -0.580. The van der Waals surface area contributed by atoms with Gasteiger partial charge in [-0.2, -0.15) is 0 Å². The number of hydrogen-bond acceptors (Lipinski definition) is 4. The van der Waals surface area contributed by atoms with E-state index < -0.39 is 0 Å². The zero-order valence-corrected chi connectivity index (χ0v) is 12.7. The molecule has 106 valence electrons. The normalized spacial score (nSPS) is 20.5. The highest BCUT2D eigenvalue weighted by molar-refractivity contribution is 6.33. The number of piperidine rings is 1. The van der Waals surface area contributed by atoms with Gasteiger partial charge in [-0.25, -0.2) is 0 Å². The molecule has 0 aliphatic carbocycles. The van der Waals surface area contributed by atoms with E-state index in [2.05, 4.69) is 27.3 Å². The van der Waals surface area contributed by atoms with Crippen LogP contribution in [0, 0.1) is 0 Å². The Labute approximate surface area is 124 Å². The number of aromatic nitrogens is 2. The largest absolute Gasteiger partial charge is 0.382 e. The molecule has 2 rings (SSSR count).